The lowest BCUT2D eigenvalue weighted by molar-refractivity contribution is -0.159. The number of carbonyl (C=O) groups is 3. The van der Waals surface area contributed by atoms with Crippen LogP contribution in [-0.2, 0) is 28.5 Å². The number of esters is 1. The lowest BCUT2D eigenvalue weighted by Gasteiger charge is -2.25. The zero-order chi connectivity index (χ0) is 57.1. The Bertz CT molecular complexity index is 2030. The third-order valence-electron chi connectivity index (χ3n) is 15.5. The van der Waals surface area contributed by atoms with Crippen molar-refractivity contribution >= 4 is 17.7 Å². The van der Waals surface area contributed by atoms with Crippen molar-refractivity contribution in [2.45, 2.75) is 296 Å². The van der Waals surface area contributed by atoms with Gasteiger partial charge in [-0.25, -0.2) is 4.79 Å². The van der Waals surface area contributed by atoms with E-state index in [9.17, 15) is 29.1 Å². The number of para-hydroxylation sites is 1. The van der Waals surface area contributed by atoms with Gasteiger partial charge in [0.1, 0.15) is 18.0 Å². The highest BCUT2D eigenvalue weighted by Gasteiger charge is 2.49. The molecule has 1 aromatic heterocycles. The van der Waals surface area contributed by atoms with Crippen LogP contribution in [0.2, 0.25) is 0 Å². The monoisotopic (exact) mass is 1110 g/mol. The van der Waals surface area contributed by atoms with E-state index < -0.39 is 54.3 Å². The van der Waals surface area contributed by atoms with Crippen LogP contribution in [0.4, 0.5) is 0 Å². The van der Waals surface area contributed by atoms with Crippen molar-refractivity contribution < 1.29 is 47.9 Å². The molecule has 0 radical (unpaired) electrons. The van der Waals surface area contributed by atoms with E-state index in [-0.39, 0.29) is 48.7 Å². The fraction of sp³-hybridized carbons (Fsp3) is 0.800. The van der Waals surface area contributed by atoms with Crippen LogP contribution in [0.25, 0.3) is 0 Å². The molecule has 0 saturated carbocycles. The second-order valence-corrected chi connectivity index (χ2v) is 22.5. The quantitative estimate of drug-likeness (QED) is 0.0492. The van der Waals surface area contributed by atoms with E-state index in [1.807, 2.05) is 0 Å². The molecule has 1 aromatic carbocycles. The molecule has 79 heavy (non-hydrogen) atoms. The Labute approximate surface area is 477 Å². The van der Waals surface area contributed by atoms with E-state index in [4.69, 9.17) is 28.4 Å². The zero-order valence-corrected chi connectivity index (χ0v) is 50.4. The van der Waals surface area contributed by atoms with Gasteiger partial charge in [0.2, 0.25) is 0 Å². The molecule has 14 nitrogen and oxygen atoms in total. The van der Waals surface area contributed by atoms with Gasteiger partial charge in [-0.05, 0) is 38.8 Å². The Morgan fingerprint density at radius 1 is 0.570 bits per heavy atom. The molecule has 14 heteroatoms. The number of ether oxygens (including phenoxy) is 6. The van der Waals surface area contributed by atoms with Crippen LogP contribution < -0.4 is 20.7 Å². The molecule has 0 amide bonds. The van der Waals surface area contributed by atoms with E-state index in [1.165, 1.54) is 219 Å². The highest BCUT2D eigenvalue weighted by atomic mass is 16.6. The number of rotatable bonds is 51. The SMILES string of the molecule is CCCCCCCCCCCCCCCCCCCCOc1cccc(C(=O)n2c(=O)c(C)cn([C@@H]3O[C@H](CO)[C@H](OC(=O)CCC(C)=O)C3OCCOC)c2=O)c1OCCCCCCCCCCCCCCCCCCCC. The number of unbranched alkanes of at least 4 members (excludes halogenated alkanes) is 34. The lowest BCUT2D eigenvalue weighted by atomic mass is 10.0. The third kappa shape index (κ3) is 28.6. The van der Waals surface area contributed by atoms with Gasteiger partial charge in [0.25, 0.3) is 11.5 Å². The number of Topliss-reactive ketones (excluding diaryl/α,β-unsaturated/α-hetero) is 1. The van der Waals surface area contributed by atoms with Gasteiger partial charge >= 0.3 is 11.7 Å². The molecular formula is C65H110N2O12. The molecule has 4 atom stereocenters. The summed E-state index contributed by atoms with van der Waals surface area (Å²) in [5.74, 6) is -1.27. The van der Waals surface area contributed by atoms with Gasteiger partial charge in [-0.2, -0.15) is 4.57 Å². The van der Waals surface area contributed by atoms with E-state index in [0.717, 1.165) is 49.5 Å². The van der Waals surface area contributed by atoms with Crippen molar-refractivity contribution in [2.24, 2.45) is 0 Å². The molecule has 2 aromatic rings. The van der Waals surface area contributed by atoms with Crippen molar-refractivity contribution in [1.82, 2.24) is 9.13 Å². The molecular weight excluding hydrogens is 1000 g/mol. The predicted octanol–water partition coefficient (Wildman–Crippen LogP) is 15.1. The first-order valence-electron chi connectivity index (χ1n) is 31.9. The summed E-state index contributed by atoms with van der Waals surface area (Å²) in [4.78, 5) is 67.9. The molecule has 1 aliphatic rings. The fourth-order valence-electron chi connectivity index (χ4n) is 10.6. The number of benzene rings is 1. The number of ketones is 1. The molecule has 2 heterocycles. The van der Waals surface area contributed by atoms with Gasteiger partial charge in [-0.15, -0.1) is 0 Å². The van der Waals surface area contributed by atoms with Gasteiger partial charge in [-0.3, -0.25) is 19.0 Å². The maximum absolute atomic E-state index is 14.8. The zero-order valence-electron chi connectivity index (χ0n) is 50.4. The van der Waals surface area contributed by atoms with Crippen molar-refractivity contribution in [3.63, 3.8) is 0 Å². The Kier molecular flexibility index (Phi) is 39.3. The molecule has 1 aliphatic heterocycles. The van der Waals surface area contributed by atoms with Crippen molar-refractivity contribution in [3.05, 3.63) is 56.4 Å². The second-order valence-electron chi connectivity index (χ2n) is 22.5. The summed E-state index contributed by atoms with van der Waals surface area (Å²) < 4.78 is 37.6. The molecule has 0 spiro atoms. The first-order valence-corrected chi connectivity index (χ1v) is 31.9. The Hall–Kier alpha value is -3.85. The first-order chi connectivity index (χ1) is 38.6. The number of aromatic nitrogens is 2. The predicted molar refractivity (Wildman–Crippen MR) is 317 cm³/mol. The largest absolute Gasteiger partial charge is 0.490 e. The van der Waals surface area contributed by atoms with E-state index >= 15 is 0 Å². The minimum absolute atomic E-state index is 0.000175. The summed E-state index contributed by atoms with van der Waals surface area (Å²) in [5.41, 5.74) is -1.80. The number of carbonyl (C=O) groups excluding carboxylic acids is 3. The van der Waals surface area contributed by atoms with Crippen molar-refractivity contribution in [1.29, 1.82) is 0 Å². The normalized spacial score (nSPS) is 16.2. The molecule has 3 rings (SSSR count). The minimum Gasteiger partial charge on any atom is -0.490 e. The Morgan fingerprint density at radius 2 is 1.01 bits per heavy atom. The first kappa shape index (κ1) is 69.4. The molecule has 1 fully saturated rings. The summed E-state index contributed by atoms with van der Waals surface area (Å²) in [6.45, 7) is 7.66. The molecule has 0 bridgehead atoms. The topological polar surface area (TPSA) is 171 Å². The highest BCUT2D eigenvalue weighted by molar-refractivity contribution is 5.99. The fourth-order valence-corrected chi connectivity index (χ4v) is 10.6. The van der Waals surface area contributed by atoms with Crippen LogP contribution in [0.15, 0.2) is 34.0 Å². The third-order valence-corrected chi connectivity index (χ3v) is 15.5. The maximum Gasteiger partial charge on any atom is 0.340 e. The van der Waals surface area contributed by atoms with Crippen molar-refractivity contribution in [2.75, 3.05) is 40.1 Å². The maximum atomic E-state index is 14.8. The lowest BCUT2D eigenvalue weighted by Crippen LogP contribution is -2.48. The molecule has 1 saturated heterocycles. The standard InChI is InChI=1S/C65H110N2O12/c1-6-8-10-12-14-16-18-20-22-24-26-28-30-32-34-36-38-40-47-75-56-44-42-43-55(59(56)76-48-41-39-37-35-33-31-29-27-25-23-21-19-17-15-13-11-9-7-2)63(72)67-62(71)53(3)51-66(65(67)73)64-61(77-50-49-74-5)60(57(52-68)78-64)79-58(70)46-45-54(4)69/h42-44,51,57,60-61,64,68H,6-41,45-50,52H2,1-5H3/t57-,60+,61?,64-/m1/s1. The van der Waals surface area contributed by atoms with Crippen molar-refractivity contribution in [3.8, 4) is 11.5 Å². The van der Waals surface area contributed by atoms with Crippen LogP contribution >= 0.6 is 0 Å². The number of aryl methyl sites for hydroxylation is 1. The molecule has 1 N–H and O–H groups in total. The smallest absolute Gasteiger partial charge is 0.340 e. The summed E-state index contributed by atoms with van der Waals surface area (Å²) in [7, 11) is 1.49. The van der Waals surface area contributed by atoms with E-state index in [0.29, 0.717) is 23.5 Å². The summed E-state index contributed by atoms with van der Waals surface area (Å²) in [6, 6.07) is 4.96. The van der Waals surface area contributed by atoms with Crippen LogP contribution in [-0.4, -0.2) is 90.4 Å². The van der Waals surface area contributed by atoms with E-state index in [2.05, 4.69) is 13.8 Å². The van der Waals surface area contributed by atoms with Gasteiger partial charge < -0.3 is 38.3 Å². The number of aliphatic hydroxyl groups excluding tert-OH is 1. The summed E-state index contributed by atoms with van der Waals surface area (Å²) in [6.07, 6.45) is 42.0. The molecule has 452 valence electrons. The Balaban J connectivity index is 1.65. The van der Waals surface area contributed by atoms with E-state index in [1.54, 1.807) is 12.1 Å². The molecule has 1 unspecified atom stereocenters. The van der Waals surface area contributed by atoms with Crippen LogP contribution in [0.3, 0.4) is 0 Å². The van der Waals surface area contributed by atoms with Crippen LogP contribution in [0.5, 0.6) is 11.5 Å². The number of hydrogen-bond acceptors (Lipinski definition) is 12. The Morgan fingerprint density at radius 3 is 1.44 bits per heavy atom. The molecule has 0 aliphatic carbocycles. The van der Waals surface area contributed by atoms with Gasteiger partial charge in [0.15, 0.2) is 23.8 Å². The summed E-state index contributed by atoms with van der Waals surface area (Å²) in [5, 5.41) is 10.4. The average molecular weight is 1110 g/mol. The second kappa shape index (κ2) is 44.8. The van der Waals surface area contributed by atoms with Crippen LogP contribution in [0, 0.1) is 6.92 Å². The minimum atomic E-state index is -1.34. The number of methoxy groups -OCH3 is 1. The van der Waals surface area contributed by atoms with Gasteiger partial charge in [0.05, 0.1) is 45.0 Å². The summed E-state index contributed by atoms with van der Waals surface area (Å²) >= 11 is 0. The number of hydrogen-bond donors (Lipinski definition) is 1. The number of nitrogens with zero attached hydrogens (tertiary/aromatic N) is 2. The van der Waals surface area contributed by atoms with Crippen LogP contribution in [0.1, 0.15) is 287 Å². The highest BCUT2D eigenvalue weighted by Crippen LogP contribution is 2.35. The number of aliphatic hydroxyl groups is 1. The average Bonchev–Trinajstić information content (AvgIpc) is 3.85. The van der Waals surface area contributed by atoms with Gasteiger partial charge in [0, 0.05) is 25.3 Å². The van der Waals surface area contributed by atoms with Gasteiger partial charge in [-0.1, -0.05) is 238 Å².